The molecule has 0 unspecified atom stereocenters. The summed E-state index contributed by atoms with van der Waals surface area (Å²) in [6, 6.07) is 7.40. The minimum absolute atomic E-state index is 0.256. The van der Waals surface area contributed by atoms with E-state index in [4.69, 9.17) is 0 Å². The molecular weight excluding hydrogens is 370 g/mol. The lowest BCUT2D eigenvalue weighted by Gasteiger charge is -2.10. The molecule has 26 heavy (non-hydrogen) atoms. The van der Waals surface area contributed by atoms with Crippen LogP contribution in [0.15, 0.2) is 36.0 Å². The molecule has 2 N–H and O–H groups in total. The number of hydrogen-bond donors (Lipinski definition) is 2. The number of aryl methyl sites for hydroxylation is 1. The Hall–Kier alpha value is -2.85. The number of carbonyl (C=O) groups excluding carboxylic acids is 1. The summed E-state index contributed by atoms with van der Waals surface area (Å²) in [4.78, 5) is 17.4. The number of amides is 2. The summed E-state index contributed by atoms with van der Waals surface area (Å²) in [5, 5.41) is 19.1. The van der Waals surface area contributed by atoms with E-state index in [9.17, 15) is 4.79 Å². The van der Waals surface area contributed by atoms with Gasteiger partial charge in [0, 0.05) is 5.56 Å². The second-order valence-electron chi connectivity index (χ2n) is 5.73. The van der Waals surface area contributed by atoms with Crippen molar-refractivity contribution in [2.45, 2.75) is 19.9 Å². The number of hydrogen-bond acceptors (Lipinski definition) is 7. The van der Waals surface area contributed by atoms with Gasteiger partial charge in [-0.05, 0) is 13.8 Å². The number of nitrogens with zero attached hydrogens (tertiary/aromatic N) is 5. The maximum Gasteiger partial charge on any atom is 0.321 e. The molecule has 132 valence electrons. The van der Waals surface area contributed by atoms with Gasteiger partial charge in [0.1, 0.15) is 10.5 Å². The van der Waals surface area contributed by atoms with Gasteiger partial charge in [0.05, 0.1) is 17.9 Å². The van der Waals surface area contributed by atoms with Gasteiger partial charge >= 0.3 is 6.03 Å². The Morgan fingerprint density at radius 3 is 2.81 bits per heavy atom. The summed E-state index contributed by atoms with van der Waals surface area (Å²) >= 11 is 2.77. The standard InChI is InChI=1S/C16H15N7OS2/c1-9-3-5-11(6-4-9)13-21-22-15(26-13)20-14(24)18-10(2)12-7-23-16(19-12)25-8-17-23/h3-8,10H,1-2H3,(H2,18,20,22,24)/t10-/m1/s1. The number of benzene rings is 1. The molecule has 3 aromatic heterocycles. The van der Waals surface area contributed by atoms with Gasteiger partial charge in [0.15, 0.2) is 0 Å². The number of fused-ring (bicyclic) bond motifs is 1. The summed E-state index contributed by atoms with van der Waals surface area (Å²) in [5.41, 5.74) is 4.62. The number of nitrogens with one attached hydrogen (secondary N) is 2. The minimum atomic E-state index is -0.353. The third-order valence-electron chi connectivity index (χ3n) is 3.74. The first kappa shape index (κ1) is 16.6. The molecule has 0 saturated heterocycles. The van der Waals surface area contributed by atoms with Gasteiger partial charge in [-0.3, -0.25) is 5.32 Å². The Labute approximate surface area is 156 Å². The summed E-state index contributed by atoms with van der Waals surface area (Å²) in [7, 11) is 0. The number of rotatable bonds is 4. The monoisotopic (exact) mass is 385 g/mol. The molecule has 0 bridgehead atoms. The molecule has 1 atom stereocenters. The van der Waals surface area contributed by atoms with Gasteiger partial charge < -0.3 is 5.32 Å². The van der Waals surface area contributed by atoms with E-state index in [2.05, 4.69) is 30.9 Å². The zero-order valence-corrected chi connectivity index (χ0v) is 15.6. The largest absolute Gasteiger partial charge is 0.330 e. The lowest BCUT2D eigenvalue weighted by Crippen LogP contribution is -2.31. The van der Waals surface area contributed by atoms with Crippen LogP contribution in [0.25, 0.3) is 15.5 Å². The predicted molar refractivity (Wildman–Crippen MR) is 102 cm³/mol. The van der Waals surface area contributed by atoms with Crippen molar-refractivity contribution in [3.63, 3.8) is 0 Å². The molecule has 1 aromatic carbocycles. The average molecular weight is 385 g/mol. The molecule has 2 amide bonds. The minimum Gasteiger partial charge on any atom is -0.330 e. The van der Waals surface area contributed by atoms with Gasteiger partial charge in [0.25, 0.3) is 0 Å². The lowest BCUT2D eigenvalue weighted by molar-refractivity contribution is 0.249. The van der Waals surface area contributed by atoms with Gasteiger partial charge in [0.2, 0.25) is 10.1 Å². The average Bonchev–Trinajstić information content (AvgIpc) is 3.30. The van der Waals surface area contributed by atoms with E-state index in [-0.39, 0.29) is 12.1 Å². The molecule has 8 nitrogen and oxygen atoms in total. The Morgan fingerprint density at radius 2 is 2.04 bits per heavy atom. The van der Waals surface area contributed by atoms with Crippen LogP contribution in [0.4, 0.5) is 9.93 Å². The second kappa shape index (κ2) is 6.81. The van der Waals surface area contributed by atoms with E-state index in [0.717, 1.165) is 21.2 Å². The topological polar surface area (TPSA) is 97.1 Å². The molecule has 0 fully saturated rings. The molecule has 0 radical (unpaired) electrons. The van der Waals surface area contributed by atoms with Crippen LogP contribution in [0.3, 0.4) is 0 Å². The van der Waals surface area contributed by atoms with Crippen LogP contribution in [0, 0.1) is 6.92 Å². The van der Waals surface area contributed by atoms with Gasteiger partial charge in [-0.15, -0.1) is 10.2 Å². The van der Waals surface area contributed by atoms with Crippen LogP contribution < -0.4 is 10.6 Å². The molecule has 0 aliphatic rings. The first-order valence-corrected chi connectivity index (χ1v) is 9.55. The van der Waals surface area contributed by atoms with Crippen LogP contribution in [-0.2, 0) is 0 Å². The predicted octanol–water partition coefficient (Wildman–Crippen LogP) is 3.50. The zero-order valence-electron chi connectivity index (χ0n) is 14.0. The summed E-state index contributed by atoms with van der Waals surface area (Å²) in [6.45, 7) is 3.89. The first-order chi connectivity index (χ1) is 12.6. The maximum absolute atomic E-state index is 12.2. The second-order valence-corrected chi connectivity index (χ2v) is 7.52. The highest BCUT2D eigenvalue weighted by molar-refractivity contribution is 7.18. The number of urea groups is 1. The van der Waals surface area contributed by atoms with Crippen molar-refractivity contribution < 1.29 is 4.79 Å². The Morgan fingerprint density at radius 1 is 1.23 bits per heavy atom. The molecule has 0 saturated carbocycles. The fourth-order valence-corrected chi connectivity index (χ4v) is 3.71. The molecule has 4 rings (SSSR count). The SMILES string of the molecule is Cc1ccc(-c2nnc(NC(=O)N[C@H](C)c3cn4ncsc4n3)s2)cc1. The van der Waals surface area contributed by atoms with Crippen molar-refractivity contribution in [1.82, 2.24) is 30.1 Å². The Kier molecular flexibility index (Phi) is 4.35. The third-order valence-corrected chi connectivity index (χ3v) is 5.32. The normalized spacial score (nSPS) is 12.2. The number of aromatic nitrogens is 5. The highest BCUT2D eigenvalue weighted by atomic mass is 32.1. The van der Waals surface area contributed by atoms with Gasteiger partial charge in [-0.2, -0.15) is 5.10 Å². The van der Waals surface area contributed by atoms with Crippen molar-refractivity contribution >= 4 is 38.8 Å². The van der Waals surface area contributed by atoms with Crippen LogP contribution in [0.5, 0.6) is 0 Å². The maximum atomic E-state index is 12.2. The molecule has 0 spiro atoms. The van der Waals surface area contributed by atoms with E-state index in [1.807, 2.05) is 38.1 Å². The van der Waals surface area contributed by atoms with E-state index in [1.165, 1.54) is 28.2 Å². The molecule has 4 aromatic rings. The van der Waals surface area contributed by atoms with Crippen molar-refractivity contribution in [1.29, 1.82) is 0 Å². The van der Waals surface area contributed by atoms with Crippen LogP contribution >= 0.6 is 22.7 Å². The van der Waals surface area contributed by atoms with E-state index in [1.54, 1.807) is 16.2 Å². The Balaban J connectivity index is 1.40. The molecule has 0 aliphatic carbocycles. The number of carbonyl (C=O) groups is 1. The van der Waals surface area contributed by atoms with Gasteiger partial charge in [-0.1, -0.05) is 52.5 Å². The quantitative estimate of drug-likeness (QED) is 0.560. The summed E-state index contributed by atoms with van der Waals surface area (Å²) in [5.74, 6) is 0. The first-order valence-electron chi connectivity index (χ1n) is 7.85. The van der Waals surface area contributed by atoms with Crippen LogP contribution in [0.1, 0.15) is 24.2 Å². The van der Waals surface area contributed by atoms with E-state index in [0.29, 0.717) is 5.13 Å². The molecule has 0 aliphatic heterocycles. The smallest absolute Gasteiger partial charge is 0.321 e. The van der Waals surface area contributed by atoms with Crippen molar-refractivity contribution in [3.8, 4) is 10.6 Å². The van der Waals surface area contributed by atoms with Crippen molar-refractivity contribution in [3.05, 3.63) is 47.2 Å². The summed E-state index contributed by atoms with van der Waals surface area (Å²) in [6.07, 6.45) is 1.80. The zero-order chi connectivity index (χ0) is 18.1. The number of imidazole rings is 1. The summed E-state index contributed by atoms with van der Waals surface area (Å²) < 4.78 is 1.69. The lowest BCUT2D eigenvalue weighted by atomic mass is 10.2. The van der Waals surface area contributed by atoms with E-state index < -0.39 is 0 Å². The fourth-order valence-electron chi connectivity index (χ4n) is 2.35. The van der Waals surface area contributed by atoms with E-state index >= 15 is 0 Å². The third kappa shape index (κ3) is 3.41. The van der Waals surface area contributed by atoms with Crippen LogP contribution in [0.2, 0.25) is 0 Å². The molecule has 10 heteroatoms. The molecular formula is C16H15N7OS2. The van der Waals surface area contributed by atoms with Crippen molar-refractivity contribution in [2.24, 2.45) is 0 Å². The highest BCUT2D eigenvalue weighted by Gasteiger charge is 2.15. The Bertz CT molecular complexity index is 1020. The van der Waals surface area contributed by atoms with Gasteiger partial charge in [-0.25, -0.2) is 14.3 Å². The highest BCUT2D eigenvalue weighted by Crippen LogP contribution is 2.26. The molecule has 3 heterocycles. The fraction of sp³-hybridized carbons (Fsp3) is 0.188. The van der Waals surface area contributed by atoms with Crippen LogP contribution in [-0.4, -0.2) is 30.8 Å². The van der Waals surface area contributed by atoms with Crippen molar-refractivity contribution in [2.75, 3.05) is 5.32 Å². The number of anilines is 1.